The molecule has 3 N–H and O–H groups in total. The van der Waals surface area contributed by atoms with Crippen molar-refractivity contribution in [1.29, 1.82) is 0 Å². The SMILES string of the molecule is CCC(CC)(CN)C(=O)N[C@@H](C)c1ccc(OC)cc1. The zero-order valence-corrected chi connectivity index (χ0v) is 12.9. The Morgan fingerprint density at radius 1 is 1.30 bits per heavy atom. The monoisotopic (exact) mass is 278 g/mol. The first kappa shape index (κ1) is 16.5. The number of ether oxygens (including phenoxy) is 1. The predicted octanol–water partition coefficient (Wildman–Crippen LogP) is 2.64. The summed E-state index contributed by atoms with van der Waals surface area (Å²) in [5, 5.41) is 3.07. The number of amides is 1. The van der Waals surface area contributed by atoms with Crippen LogP contribution in [-0.4, -0.2) is 19.6 Å². The smallest absolute Gasteiger partial charge is 0.227 e. The maximum Gasteiger partial charge on any atom is 0.227 e. The number of carbonyl (C=O) groups is 1. The lowest BCUT2D eigenvalue weighted by molar-refractivity contribution is -0.131. The zero-order valence-electron chi connectivity index (χ0n) is 12.9. The molecule has 0 bridgehead atoms. The van der Waals surface area contributed by atoms with Crippen LogP contribution in [0.2, 0.25) is 0 Å². The van der Waals surface area contributed by atoms with Gasteiger partial charge in [-0.05, 0) is 37.5 Å². The van der Waals surface area contributed by atoms with Crippen LogP contribution in [0, 0.1) is 5.41 Å². The summed E-state index contributed by atoms with van der Waals surface area (Å²) in [6.45, 7) is 6.37. The lowest BCUT2D eigenvalue weighted by Gasteiger charge is -2.30. The van der Waals surface area contributed by atoms with E-state index in [0.717, 1.165) is 24.2 Å². The molecule has 0 aliphatic rings. The van der Waals surface area contributed by atoms with Crippen molar-refractivity contribution >= 4 is 5.91 Å². The molecule has 0 aliphatic carbocycles. The van der Waals surface area contributed by atoms with Gasteiger partial charge in [0.15, 0.2) is 0 Å². The van der Waals surface area contributed by atoms with Crippen molar-refractivity contribution in [2.24, 2.45) is 11.1 Å². The molecule has 4 heteroatoms. The first-order valence-corrected chi connectivity index (χ1v) is 7.18. The second-order valence-corrected chi connectivity index (χ2v) is 5.16. The summed E-state index contributed by atoms with van der Waals surface area (Å²) in [6, 6.07) is 7.68. The number of nitrogens with two attached hydrogens (primary N) is 1. The Morgan fingerprint density at radius 3 is 2.25 bits per heavy atom. The van der Waals surface area contributed by atoms with Crippen molar-refractivity contribution in [1.82, 2.24) is 5.32 Å². The number of benzene rings is 1. The van der Waals surface area contributed by atoms with Crippen molar-refractivity contribution in [3.8, 4) is 5.75 Å². The maximum absolute atomic E-state index is 12.4. The van der Waals surface area contributed by atoms with Crippen LogP contribution in [0.25, 0.3) is 0 Å². The second kappa shape index (κ2) is 7.29. The van der Waals surface area contributed by atoms with Gasteiger partial charge in [-0.1, -0.05) is 26.0 Å². The van der Waals surface area contributed by atoms with E-state index in [-0.39, 0.29) is 11.9 Å². The Morgan fingerprint density at radius 2 is 1.85 bits per heavy atom. The van der Waals surface area contributed by atoms with Crippen LogP contribution in [0.15, 0.2) is 24.3 Å². The Labute approximate surface area is 121 Å². The Hall–Kier alpha value is -1.55. The molecule has 0 saturated carbocycles. The van der Waals surface area contributed by atoms with Crippen molar-refractivity contribution in [3.05, 3.63) is 29.8 Å². The average molecular weight is 278 g/mol. The van der Waals surface area contributed by atoms with E-state index in [1.165, 1.54) is 0 Å². The average Bonchev–Trinajstić information content (AvgIpc) is 2.49. The minimum absolute atomic E-state index is 0.0355. The summed E-state index contributed by atoms with van der Waals surface area (Å²) in [5.74, 6) is 0.846. The Balaban J connectivity index is 2.78. The molecule has 0 heterocycles. The molecule has 1 amide bonds. The fourth-order valence-electron chi connectivity index (χ4n) is 2.28. The number of carbonyl (C=O) groups excluding carboxylic acids is 1. The summed E-state index contributed by atoms with van der Waals surface area (Å²) in [4.78, 5) is 12.4. The topological polar surface area (TPSA) is 64.4 Å². The van der Waals surface area contributed by atoms with Gasteiger partial charge in [0.2, 0.25) is 5.91 Å². The van der Waals surface area contributed by atoms with Crippen molar-refractivity contribution < 1.29 is 9.53 Å². The number of rotatable bonds is 7. The molecule has 0 aliphatic heterocycles. The largest absolute Gasteiger partial charge is 0.497 e. The van der Waals surface area contributed by atoms with Crippen LogP contribution in [0.4, 0.5) is 0 Å². The number of nitrogens with one attached hydrogen (secondary N) is 1. The lowest BCUT2D eigenvalue weighted by Crippen LogP contribution is -2.46. The highest BCUT2D eigenvalue weighted by atomic mass is 16.5. The van der Waals surface area contributed by atoms with Crippen LogP contribution in [0.3, 0.4) is 0 Å². The fourth-order valence-corrected chi connectivity index (χ4v) is 2.28. The van der Waals surface area contributed by atoms with E-state index in [4.69, 9.17) is 10.5 Å². The van der Waals surface area contributed by atoms with E-state index in [1.807, 2.05) is 45.0 Å². The third kappa shape index (κ3) is 3.51. The molecule has 20 heavy (non-hydrogen) atoms. The lowest BCUT2D eigenvalue weighted by atomic mass is 9.81. The first-order chi connectivity index (χ1) is 9.52. The molecular weight excluding hydrogens is 252 g/mol. The summed E-state index contributed by atoms with van der Waals surface area (Å²) >= 11 is 0. The fraction of sp³-hybridized carbons (Fsp3) is 0.562. The van der Waals surface area contributed by atoms with Crippen LogP contribution in [0.1, 0.15) is 45.2 Å². The molecule has 112 valence electrons. The van der Waals surface area contributed by atoms with Gasteiger partial charge in [0.25, 0.3) is 0 Å². The minimum atomic E-state index is -0.458. The van der Waals surface area contributed by atoms with E-state index in [2.05, 4.69) is 5.32 Å². The summed E-state index contributed by atoms with van der Waals surface area (Å²) in [7, 11) is 1.64. The van der Waals surface area contributed by atoms with Gasteiger partial charge in [0.1, 0.15) is 5.75 Å². The van der Waals surface area contributed by atoms with Crippen molar-refractivity contribution in [2.45, 2.75) is 39.7 Å². The number of methoxy groups -OCH3 is 1. The van der Waals surface area contributed by atoms with E-state index in [0.29, 0.717) is 6.54 Å². The number of hydrogen-bond acceptors (Lipinski definition) is 3. The van der Waals surface area contributed by atoms with E-state index < -0.39 is 5.41 Å². The highest BCUT2D eigenvalue weighted by Crippen LogP contribution is 2.26. The van der Waals surface area contributed by atoms with E-state index >= 15 is 0 Å². The van der Waals surface area contributed by atoms with Crippen LogP contribution in [0.5, 0.6) is 5.75 Å². The molecule has 0 unspecified atom stereocenters. The molecule has 0 spiro atoms. The first-order valence-electron chi connectivity index (χ1n) is 7.18. The highest BCUT2D eigenvalue weighted by Gasteiger charge is 2.33. The zero-order chi connectivity index (χ0) is 15.2. The molecule has 0 aromatic heterocycles. The Kier molecular flexibility index (Phi) is 6.02. The van der Waals surface area contributed by atoms with Crippen LogP contribution < -0.4 is 15.8 Å². The predicted molar refractivity (Wildman–Crippen MR) is 81.6 cm³/mol. The quantitative estimate of drug-likeness (QED) is 0.806. The Bertz CT molecular complexity index is 416. The van der Waals surface area contributed by atoms with Gasteiger partial charge in [-0.25, -0.2) is 0 Å². The molecule has 1 atom stereocenters. The van der Waals surface area contributed by atoms with Crippen LogP contribution in [-0.2, 0) is 4.79 Å². The third-order valence-electron chi connectivity index (χ3n) is 4.19. The molecule has 0 fully saturated rings. The van der Waals surface area contributed by atoms with Gasteiger partial charge >= 0.3 is 0 Å². The minimum Gasteiger partial charge on any atom is -0.497 e. The van der Waals surface area contributed by atoms with E-state index in [1.54, 1.807) is 7.11 Å². The summed E-state index contributed by atoms with van der Waals surface area (Å²) in [6.07, 6.45) is 1.50. The normalized spacial score (nSPS) is 12.8. The highest BCUT2D eigenvalue weighted by molar-refractivity contribution is 5.83. The molecule has 1 aromatic carbocycles. The van der Waals surface area contributed by atoms with Crippen LogP contribution >= 0.6 is 0 Å². The molecule has 0 saturated heterocycles. The van der Waals surface area contributed by atoms with Gasteiger partial charge in [-0.3, -0.25) is 4.79 Å². The van der Waals surface area contributed by atoms with Crippen molar-refractivity contribution in [2.75, 3.05) is 13.7 Å². The summed E-state index contributed by atoms with van der Waals surface area (Å²) in [5.41, 5.74) is 6.40. The maximum atomic E-state index is 12.4. The van der Waals surface area contributed by atoms with Crippen molar-refractivity contribution in [3.63, 3.8) is 0 Å². The van der Waals surface area contributed by atoms with Gasteiger partial charge in [0.05, 0.1) is 18.6 Å². The van der Waals surface area contributed by atoms with Gasteiger partial charge < -0.3 is 15.8 Å². The molecule has 4 nitrogen and oxygen atoms in total. The molecule has 1 aromatic rings. The van der Waals surface area contributed by atoms with Gasteiger partial charge in [0, 0.05) is 6.54 Å². The number of hydrogen-bond donors (Lipinski definition) is 2. The second-order valence-electron chi connectivity index (χ2n) is 5.16. The van der Waals surface area contributed by atoms with E-state index in [9.17, 15) is 4.79 Å². The third-order valence-corrected chi connectivity index (χ3v) is 4.19. The molecule has 0 radical (unpaired) electrons. The van der Waals surface area contributed by atoms with Gasteiger partial charge in [-0.15, -0.1) is 0 Å². The van der Waals surface area contributed by atoms with Gasteiger partial charge in [-0.2, -0.15) is 0 Å². The molecule has 1 rings (SSSR count). The summed E-state index contributed by atoms with van der Waals surface area (Å²) < 4.78 is 5.13. The standard InChI is InChI=1S/C16H26N2O2/c1-5-16(6-2,11-17)15(19)18-12(3)13-7-9-14(20-4)10-8-13/h7-10,12H,5-6,11,17H2,1-4H3,(H,18,19)/t12-/m0/s1. The molecular formula is C16H26N2O2.